The van der Waals surface area contributed by atoms with Gasteiger partial charge in [0.15, 0.2) is 0 Å². The highest BCUT2D eigenvalue weighted by Gasteiger charge is 2.04. The lowest BCUT2D eigenvalue weighted by Crippen LogP contribution is -2.26. The zero-order valence-corrected chi connectivity index (χ0v) is 47.6. The van der Waals surface area contributed by atoms with Crippen molar-refractivity contribution in [1.82, 2.24) is 24.5 Å². The lowest BCUT2D eigenvalue weighted by atomic mass is 10.1. The Morgan fingerprint density at radius 2 is 0.439 bits per heavy atom. The fourth-order valence-electron chi connectivity index (χ4n) is 7.58. The smallest absolute Gasteiger partial charge is 0.0160 e. The van der Waals surface area contributed by atoms with Gasteiger partial charge in [0.2, 0.25) is 0 Å². The first kappa shape index (κ1) is 73.5. The molecule has 0 aromatic rings. The average molecular weight is 931 g/mol. The Labute approximate surface area is 420 Å². The van der Waals surface area contributed by atoms with Gasteiger partial charge < -0.3 is 9.80 Å². The van der Waals surface area contributed by atoms with E-state index in [0.29, 0.717) is 0 Å². The number of unbranched alkanes of at least 4 members (excludes halogenated alkanes) is 22. The predicted octanol–water partition coefficient (Wildman–Crippen LogP) is 17.7. The summed E-state index contributed by atoms with van der Waals surface area (Å²) in [7, 11) is 4.03. The summed E-state index contributed by atoms with van der Waals surface area (Å²) in [5, 5.41) is 0. The van der Waals surface area contributed by atoms with Crippen molar-refractivity contribution in [2.24, 2.45) is 0 Å². The molecule has 0 unspecified atom stereocenters. The van der Waals surface area contributed by atoms with Gasteiger partial charge in [0.05, 0.1) is 0 Å². The van der Waals surface area contributed by atoms with Gasteiger partial charge in [-0.2, -0.15) is 0 Å². The van der Waals surface area contributed by atoms with Crippen LogP contribution in [0.3, 0.4) is 0 Å². The van der Waals surface area contributed by atoms with Crippen molar-refractivity contribution in [3.8, 4) is 0 Å². The minimum absolute atomic E-state index is 0.972. The molecule has 0 heterocycles. The minimum Gasteiger partial charge on any atom is -0.306 e. The SMILES string of the molecule is C=CCN(C)C.C=CCN(CC)CC.C=CCN(CCCC)CCCC.C=CCN(CCCCCC)CCCCCC.C=CCN(CCCCCCCCCC)CCCCCCCCCC. The van der Waals surface area contributed by atoms with Gasteiger partial charge in [-0.25, -0.2) is 0 Å². The summed E-state index contributed by atoms with van der Waals surface area (Å²) in [5.74, 6) is 0. The van der Waals surface area contributed by atoms with Crippen molar-refractivity contribution in [3.05, 3.63) is 63.3 Å². The molecule has 0 rings (SSSR count). The first-order chi connectivity index (χ1) is 32.2. The van der Waals surface area contributed by atoms with Crippen molar-refractivity contribution < 1.29 is 0 Å². The number of rotatable bonds is 46. The van der Waals surface area contributed by atoms with Crippen LogP contribution in [0.2, 0.25) is 0 Å². The first-order valence-electron chi connectivity index (χ1n) is 28.7. The molecular weight excluding hydrogens is 803 g/mol. The van der Waals surface area contributed by atoms with Gasteiger partial charge in [-0.3, -0.25) is 14.7 Å². The molecule has 0 aromatic heterocycles. The van der Waals surface area contributed by atoms with E-state index in [1.165, 1.54) is 219 Å². The van der Waals surface area contributed by atoms with Crippen LogP contribution >= 0.6 is 0 Å². The summed E-state index contributed by atoms with van der Waals surface area (Å²) in [6.45, 7) is 51.7. The Bertz CT molecular complexity index is 843. The molecule has 0 radical (unpaired) electrons. The van der Waals surface area contributed by atoms with Crippen LogP contribution in [0.5, 0.6) is 0 Å². The highest BCUT2D eigenvalue weighted by Crippen LogP contribution is 2.12. The van der Waals surface area contributed by atoms with E-state index in [1.54, 1.807) is 0 Å². The predicted molar refractivity (Wildman–Crippen MR) is 310 cm³/mol. The van der Waals surface area contributed by atoms with E-state index < -0.39 is 0 Å². The van der Waals surface area contributed by atoms with Crippen LogP contribution in [0.4, 0.5) is 0 Å². The molecule has 5 heteroatoms. The molecule has 0 aliphatic rings. The highest BCUT2D eigenvalue weighted by atomic mass is 15.1. The van der Waals surface area contributed by atoms with E-state index in [-0.39, 0.29) is 0 Å². The summed E-state index contributed by atoms with van der Waals surface area (Å²) >= 11 is 0. The van der Waals surface area contributed by atoms with Crippen LogP contribution in [0.15, 0.2) is 63.3 Å². The maximum atomic E-state index is 3.93. The second kappa shape index (κ2) is 70.1. The molecule has 0 atom stereocenters. The summed E-state index contributed by atoms with van der Waals surface area (Å²) in [5.41, 5.74) is 0. The standard InChI is InChI=1S/C23H47N.C15H31N.C11H23N.C7H15N.C5H11N/c1-4-7-9-11-13-15-17-19-22-24(21-6-3)23-20-18-16-14-12-10-8-5-2;1-4-7-9-11-14-16(13-6-3)15-12-10-8-5-2;1-4-7-10-12(9-6-3)11-8-5-2;1-4-7-8(5-2)6-3;1-4-5-6(2)3/h6H,3-5,7-23H2,1-2H3;6H,3-5,7-15H2,1-2H3;6H,3-5,7-11H2,1-2H3;4H,1,5-7H2,2-3H3;4H,1,5H2,2-3H3. The Hall–Kier alpha value is -1.50. The summed E-state index contributed by atoms with van der Waals surface area (Å²) < 4.78 is 0. The van der Waals surface area contributed by atoms with Crippen LogP contribution in [0.1, 0.15) is 235 Å². The Balaban J connectivity index is -0.000000255. The van der Waals surface area contributed by atoms with Crippen molar-refractivity contribution in [1.29, 1.82) is 0 Å². The molecule has 5 nitrogen and oxygen atoms in total. The molecule has 0 fully saturated rings. The maximum Gasteiger partial charge on any atom is 0.0160 e. The molecule has 0 spiro atoms. The highest BCUT2D eigenvalue weighted by molar-refractivity contribution is 4.75. The zero-order chi connectivity index (χ0) is 50.4. The third-order valence-corrected chi connectivity index (χ3v) is 11.9. The monoisotopic (exact) mass is 930 g/mol. The minimum atomic E-state index is 0.972. The van der Waals surface area contributed by atoms with Gasteiger partial charge in [0.25, 0.3) is 0 Å². The topological polar surface area (TPSA) is 16.2 Å². The fraction of sp³-hybridized carbons (Fsp3) is 0.836. The molecule has 0 saturated carbocycles. The summed E-state index contributed by atoms with van der Waals surface area (Å²) in [4.78, 5) is 12.0. The Morgan fingerprint density at radius 3 is 0.621 bits per heavy atom. The van der Waals surface area contributed by atoms with Gasteiger partial charge in [0.1, 0.15) is 0 Å². The third-order valence-electron chi connectivity index (χ3n) is 11.9. The molecule has 0 N–H and O–H groups in total. The van der Waals surface area contributed by atoms with E-state index >= 15 is 0 Å². The molecule has 66 heavy (non-hydrogen) atoms. The van der Waals surface area contributed by atoms with Gasteiger partial charge in [-0.1, -0.05) is 227 Å². The van der Waals surface area contributed by atoms with Crippen LogP contribution < -0.4 is 0 Å². The normalized spacial score (nSPS) is 10.7. The van der Waals surface area contributed by atoms with E-state index in [0.717, 1.165) is 45.8 Å². The quantitative estimate of drug-likeness (QED) is 0.0445. The summed E-state index contributed by atoms with van der Waals surface area (Å²) in [6, 6.07) is 0. The Kier molecular flexibility index (Phi) is 78.0. The number of hydrogen-bond donors (Lipinski definition) is 0. The molecule has 0 bridgehead atoms. The maximum absolute atomic E-state index is 3.93. The van der Waals surface area contributed by atoms with E-state index in [1.807, 2.05) is 38.4 Å². The second-order valence-corrected chi connectivity index (χ2v) is 18.9. The van der Waals surface area contributed by atoms with E-state index in [9.17, 15) is 0 Å². The molecule has 0 saturated heterocycles. The second-order valence-electron chi connectivity index (χ2n) is 18.9. The van der Waals surface area contributed by atoms with E-state index in [4.69, 9.17) is 0 Å². The molecule has 0 aromatic carbocycles. The molecule has 0 amide bonds. The lowest BCUT2D eigenvalue weighted by Gasteiger charge is -2.20. The van der Waals surface area contributed by atoms with Crippen LogP contribution in [-0.4, -0.2) is 124 Å². The van der Waals surface area contributed by atoms with Crippen molar-refractivity contribution >= 4 is 0 Å². The molecule has 0 aliphatic heterocycles. The number of hydrogen-bond acceptors (Lipinski definition) is 5. The van der Waals surface area contributed by atoms with Crippen molar-refractivity contribution in [2.45, 2.75) is 235 Å². The third kappa shape index (κ3) is 71.5. The summed E-state index contributed by atoms with van der Waals surface area (Å²) in [6.07, 6.45) is 48.7. The lowest BCUT2D eigenvalue weighted by molar-refractivity contribution is 0.286. The largest absolute Gasteiger partial charge is 0.306 e. The number of nitrogens with zero attached hydrogens (tertiary/aromatic N) is 5. The van der Waals surface area contributed by atoms with Crippen LogP contribution in [-0.2, 0) is 0 Å². The Morgan fingerprint density at radius 1 is 0.242 bits per heavy atom. The van der Waals surface area contributed by atoms with Gasteiger partial charge in [-0.15, -0.1) is 32.9 Å². The molecule has 396 valence electrons. The molecule has 0 aliphatic carbocycles. The van der Waals surface area contributed by atoms with Gasteiger partial charge >= 0.3 is 0 Å². The zero-order valence-electron chi connectivity index (χ0n) is 47.6. The van der Waals surface area contributed by atoms with Crippen molar-refractivity contribution in [3.63, 3.8) is 0 Å². The van der Waals surface area contributed by atoms with E-state index in [2.05, 4.69) is 119 Å². The van der Waals surface area contributed by atoms with Crippen LogP contribution in [0.25, 0.3) is 0 Å². The average Bonchev–Trinajstić information content (AvgIpc) is 3.31. The van der Waals surface area contributed by atoms with Crippen LogP contribution in [0, 0.1) is 0 Å². The van der Waals surface area contributed by atoms with Crippen molar-refractivity contribution in [2.75, 3.05) is 99.2 Å². The number of likely N-dealkylation sites (N-methyl/N-ethyl adjacent to an activating group) is 2. The molecular formula is C61H127N5. The fourth-order valence-corrected chi connectivity index (χ4v) is 7.58. The van der Waals surface area contributed by atoms with Gasteiger partial charge in [-0.05, 0) is 105 Å². The van der Waals surface area contributed by atoms with Gasteiger partial charge in [0, 0.05) is 32.7 Å². The first-order valence-corrected chi connectivity index (χ1v) is 28.7.